The first-order chi connectivity index (χ1) is 30.9. The van der Waals surface area contributed by atoms with E-state index in [9.17, 15) is 28.7 Å². The van der Waals surface area contributed by atoms with Crippen molar-refractivity contribution in [2.75, 3.05) is 33.0 Å². The van der Waals surface area contributed by atoms with Crippen LogP contribution in [0.25, 0.3) is 0 Å². The molecule has 0 aliphatic carbocycles. The number of carbonyl (C=O) groups excluding carboxylic acids is 2. The second-order valence-electron chi connectivity index (χ2n) is 14.7. The van der Waals surface area contributed by atoms with Crippen LogP contribution >= 0.6 is 15.6 Å². The van der Waals surface area contributed by atoms with Crippen molar-refractivity contribution in [3.8, 4) is 0 Å². The first kappa shape index (κ1) is 60.7. The molecule has 0 spiro atoms. The van der Waals surface area contributed by atoms with Crippen LogP contribution in [0.4, 0.5) is 0 Å². The number of hydrogen-bond donors (Lipinski definition) is 5. The van der Waals surface area contributed by atoms with E-state index in [1.807, 2.05) is 12.2 Å². The van der Waals surface area contributed by atoms with Crippen LogP contribution in [0.3, 0.4) is 0 Å². The van der Waals surface area contributed by atoms with Crippen molar-refractivity contribution in [2.24, 2.45) is 0 Å². The van der Waals surface area contributed by atoms with Crippen LogP contribution in [0.1, 0.15) is 135 Å². The minimum atomic E-state index is -4.88. The molecule has 0 saturated heterocycles. The van der Waals surface area contributed by atoms with Gasteiger partial charge in [-0.2, -0.15) is 0 Å². The van der Waals surface area contributed by atoms with E-state index in [-0.39, 0.29) is 19.4 Å². The fraction of sp³-hybridized carbons (Fsp3) is 0.583. The molecule has 0 heterocycles. The molecule has 0 rings (SSSR count). The van der Waals surface area contributed by atoms with Crippen LogP contribution in [0.5, 0.6) is 0 Å². The number of rotatable bonds is 42. The minimum Gasteiger partial charge on any atom is -0.462 e. The van der Waals surface area contributed by atoms with E-state index in [0.717, 1.165) is 96.3 Å². The van der Waals surface area contributed by atoms with Crippen LogP contribution in [-0.2, 0) is 41.8 Å². The van der Waals surface area contributed by atoms with E-state index < -0.39 is 66.2 Å². The average Bonchev–Trinajstić information content (AvgIpc) is 3.26. The lowest BCUT2D eigenvalue weighted by Gasteiger charge is -2.20. The Bertz CT molecular complexity index is 1540. The number of unbranched alkanes of at least 4 members (excludes halogenated alkanes) is 7. The number of hydrogen-bond acceptors (Lipinski definition) is 11. The third kappa shape index (κ3) is 46.7. The molecule has 0 radical (unpaired) electrons. The van der Waals surface area contributed by atoms with Crippen LogP contribution in [0, 0.1) is 0 Å². The van der Waals surface area contributed by atoms with Crippen LogP contribution in [0.2, 0.25) is 0 Å². The van der Waals surface area contributed by atoms with Crippen molar-refractivity contribution in [1.82, 2.24) is 0 Å². The SMILES string of the molecule is CC/C=C\C/C=C\C/C=C\C/C=C\C/C=C\CCCCCC(=O)O[C@H](COC(=O)CCC/C=C\C/C=C\C/C=C\C/C=C\CCCCCO)COP(=O)(O)OC[C@@H](O)COP(=O)(O)O. The number of allylic oxidation sites excluding steroid dienone is 18. The van der Waals surface area contributed by atoms with E-state index in [1.54, 1.807) is 0 Å². The largest absolute Gasteiger partial charge is 0.472 e. The minimum absolute atomic E-state index is 0.0682. The Balaban J connectivity index is 4.67. The van der Waals surface area contributed by atoms with Gasteiger partial charge >= 0.3 is 27.6 Å². The van der Waals surface area contributed by atoms with Gasteiger partial charge < -0.3 is 34.4 Å². The quantitative estimate of drug-likeness (QED) is 0.0167. The molecule has 0 aliphatic rings. The van der Waals surface area contributed by atoms with Crippen molar-refractivity contribution >= 4 is 27.6 Å². The maximum atomic E-state index is 12.7. The highest BCUT2D eigenvalue weighted by Gasteiger charge is 2.28. The topological polar surface area (TPSA) is 216 Å². The molecule has 0 fully saturated rings. The Morgan fingerprint density at radius 1 is 0.484 bits per heavy atom. The normalized spacial score (nSPS) is 14.9. The number of aliphatic hydroxyl groups excluding tert-OH is 2. The van der Waals surface area contributed by atoms with Crippen LogP contribution in [-0.4, -0.2) is 82.1 Å². The predicted octanol–water partition coefficient (Wildman–Crippen LogP) is 10.9. The lowest BCUT2D eigenvalue weighted by molar-refractivity contribution is -0.161. The number of aliphatic hydroxyl groups is 2. The van der Waals surface area contributed by atoms with E-state index in [2.05, 4.69) is 113 Å². The van der Waals surface area contributed by atoms with Crippen LogP contribution < -0.4 is 0 Å². The monoisotopic (exact) mass is 940 g/mol. The number of esters is 2. The van der Waals surface area contributed by atoms with Gasteiger partial charge in [0.2, 0.25) is 0 Å². The summed E-state index contributed by atoms with van der Waals surface area (Å²) in [5.41, 5.74) is 0. The summed E-state index contributed by atoms with van der Waals surface area (Å²) < 4.78 is 47.7. The molecule has 16 heteroatoms. The summed E-state index contributed by atoms with van der Waals surface area (Å²) in [6.45, 7) is -0.470. The van der Waals surface area contributed by atoms with Crippen molar-refractivity contribution in [2.45, 2.75) is 148 Å². The molecule has 0 amide bonds. The maximum absolute atomic E-state index is 12.7. The summed E-state index contributed by atoms with van der Waals surface area (Å²) in [6.07, 6.45) is 51.0. The highest BCUT2D eigenvalue weighted by molar-refractivity contribution is 7.47. The van der Waals surface area contributed by atoms with Gasteiger partial charge in [-0.05, 0) is 103 Å². The Labute approximate surface area is 383 Å². The van der Waals surface area contributed by atoms with Gasteiger partial charge in [0, 0.05) is 19.4 Å². The molecule has 364 valence electrons. The van der Waals surface area contributed by atoms with Gasteiger partial charge in [0.1, 0.15) is 12.7 Å². The van der Waals surface area contributed by atoms with Crippen molar-refractivity contribution in [3.63, 3.8) is 0 Å². The summed E-state index contributed by atoms with van der Waals surface area (Å²) in [6, 6.07) is 0. The average molecular weight is 941 g/mol. The van der Waals surface area contributed by atoms with Gasteiger partial charge in [-0.15, -0.1) is 0 Å². The molecular weight excluding hydrogens is 862 g/mol. The first-order valence-electron chi connectivity index (χ1n) is 22.7. The standard InChI is InChI=1S/C48H78O14P2/c1-2-3-4-5-6-7-8-9-10-11-12-14-18-21-24-27-30-33-36-39-48(52)62-46(44-61-64(56,57)60-42-45(50)41-59-63(53,54)55)43-58-47(51)38-35-32-29-26-23-20-17-15-13-16-19-22-25-28-31-34-37-40-49/h3-4,6-7,9-10,12-14,16-17,20-22,24-26,29,45-46,49-50H,2,5,8,11,15,18-19,23,27-28,30-44H2,1H3,(H,56,57)(H2,53,54,55)/b4-3-,7-6-,10-9-,14-12-,16-13-,20-17-,24-21-,25-22-,29-26-/t45-,46+/m0/s1. The second kappa shape index (κ2) is 43.6. The summed E-state index contributed by atoms with van der Waals surface area (Å²) >= 11 is 0. The molecule has 0 saturated carbocycles. The Morgan fingerprint density at radius 3 is 1.36 bits per heavy atom. The smallest absolute Gasteiger partial charge is 0.462 e. The third-order valence-electron chi connectivity index (χ3n) is 8.69. The summed E-state index contributed by atoms with van der Waals surface area (Å²) in [7, 11) is -9.73. The first-order valence-corrected chi connectivity index (χ1v) is 25.7. The molecule has 5 N–H and O–H groups in total. The van der Waals surface area contributed by atoms with Crippen LogP contribution in [0.15, 0.2) is 109 Å². The second-order valence-corrected chi connectivity index (χ2v) is 17.4. The van der Waals surface area contributed by atoms with Gasteiger partial charge in [0.05, 0.1) is 19.8 Å². The fourth-order valence-corrected chi connectivity index (χ4v) is 6.44. The number of phosphoric acid groups is 2. The summed E-state index contributed by atoms with van der Waals surface area (Å²) in [5, 5.41) is 18.6. The predicted molar refractivity (Wildman–Crippen MR) is 254 cm³/mol. The molecule has 0 bridgehead atoms. The number of ether oxygens (including phenoxy) is 2. The Morgan fingerprint density at radius 2 is 0.891 bits per heavy atom. The summed E-state index contributed by atoms with van der Waals surface area (Å²) in [5.74, 6) is -1.16. The molecule has 14 nitrogen and oxygen atoms in total. The zero-order chi connectivity index (χ0) is 47.3. The Kier molecular flexibility index (Phi) is 41.4. The highest BCUT2D eigenvalue weighted by Crippen LogP contribution is 2.43. The molecule has 0 aromatic heterocycles. The third-order valence-corrected chi connectivity index (χ3v) is 10.1. The molecular formula is C48H78O14P2. The van der Waals surface area contributed by atoms with E-state index in [4.69, 9.17) is 28.9 Å². The van der Waals surface area contributed by atoms with E-state index in [1.165, 1.54) is 0 Å². The number of phosphoric ester groups is 2. The van der Waals surface area contributed by atoms with E-state index >= 15 is 0 Å². The molecule has 64 heavy (non-hydrogen) atoms. The highest BCUT2D eigenvalue weighted by atomic mass is 31.2. The van der Waals surface area contributed by atoms with E-state index in [0.29, 0.717) is 19.3 Å². The molecule has 0 aromatic carbocycles. The van der Waals surface area contributed by atoms with Crippen molar-refractivity contribution in [1.29, 1.82) is 0 Å². The van der Waals surface area contributed by atoms with Gasteiger partial charge in [-0.1, -0.05) is 129 Å². The van der Waals surface area contributed by atoms with Crippen molar-refractivity contribution < 1.29 is 66.7 Å². The van der Waals surface area contributed by atoms with Crippen molar-refractivity contribution in [3.05, 3.63) is 109 Å². The molecule has 0 aliphatic heterocycles. The van der Waals surface area contributed by atoms with Gasteiger partial charge in [-0.25, -0.2) is 9.13 Å². The lowest BCUT2D eigenvalue weighted by Crippen LogP contribution is -2.30. The molecule has 0 aromatic rings. The molecule has 3 atom stereocenters. The fourth-order valence-electron chi connectivity index (χ4n) is 5.29. The zero-order valence-electron chi connectivity index (χ0n) is 38.0. The lowest BCUT2D eigenvalue weighted by atomic mass is 10.1. The molecule has 1 unspecified atom stereocenters. The maximum Gasteiger partial charge on any atom is 0.472 e. The van der Waals surface area contributed by atoms with Gasteiger partial charge in [-0.3, -0.25) is 23.2 Å². The number of carbonyl (C=O) groups is 2. The Hall–Kier alpha value is -3.26. The van der Waals surface area contributed by atoms with Gasteiger partial charge in [0.25, 0.3) is 0 Å². The zero-order valence-corrected chi connectivity index (χ0v) is 39.8. The summed E-state index contributed by atoms with van der Waals surface area (Å²) in [4.78, 5) is 52.7. The van der Waals surface area contributed by atoms with Gasteiger partial charge in [0.15, 0.2) is 6.10 Å².